The average molecular weight is 289 g/mol. The molecule has 0 spiro atoms. The molecule has 1 rings (SSSR count). The van der Waals surface area contributed by atoms with Crippen molar-refractivity contribution in [3.05, 3.63) is 40.1 Å². The van der Waals surface area contributed by atoms with Crippen molar-refractivity contribution in [2.24, 2.45) is 0 Å². The van der Waals surface area contributed by atoms with Crippen LogP contribution in [0.25, 0.3) is 5.76 Å². The van der Waals surface area contributed by atoms with E-state index in [0.29, 0.717) is 4.47 Å². The van der Waals surface area contributed by atoms with Gasteiger partial charge in [-0.25, -0.2) is 9.18 Å². The van der Waals surface area contributed by atoms with Crippen molar-refractivity contribution >= 4 is 27.7 Å². The molecule has 0 saturated carbocycles. The molecule has 1 aromatic carbocycles. The van der Waals surface area contributed by atoms with E-state index in [4.69, 9.17) is 0 Å². The van der Waals surface area contributed by atoms with E-state index < -0.39 is 17.5 Å². The minimum absolute atomic E-state index is 0.0451. The van der Waals surface area contributed by atoms with Crippen LogP contribution in [0, 0.1) is 5.82 Å². The Morgan fingerprint density at radius 1 is 1.62 bits per heavy atom. The maximum Gasteiger partial charge on any atom is 0.334 e. The van der Waals surface area contributed by atoms with E-state index in [1.807, 2.05) is 0 Å². The molecule has 0 fully saturated rings. The van der Waals surface area contributed by atoms with E-state index in [-0.39, 0.29) is 12.2 Å². The number of ether oxygens (including phenoxy) is 1. The summed E-state index contributed by atoms with van der Waals surface area (Å²) in [6.07, 6.45) is 0.843. The average Bonchev–Trinajstić information content (AvgIpc) is 2.17. The van der Waals surface area contributed by atoms with Gasteiger partial charge in [0.1, 0.15) is 11.6 Å². The van der Waals surface area contributed by atoms with Gasteiger partial charge in [0.2, 0.25) is 0 Å². The second-order valence-corrected chi connectivity index (χ2v) is 3.82. The van der Waals surface area contributed by atoms with E-state index in [1.54, 1.807) is 13.0 Å². The molecule has 16 heavy (non-hydrogen) atoms. The highest BCUT2D eigenvalue weighted by Crippen LogP contribution is 2.20. The quantitative estimate of drug-likeness (QED) is 0.528. The van der Waals surface area contributed by atoms with E-state index in [1.165, 1.54) is 12.1 Å². The van der Waals surface area contributed by atoms with Crippen LogP contribution in [0.5, 0.6) is 0 Å². The number of esters is 1. The Morgan fingerprint density at radius 2 is 2.31 bits per heavy atom. The van der Waals surface area contributed by atoms with Crippen LogP contribution < -0.4 is 0 Å². The zero-order valence-corrected chi connectivity index (χ0v) is 10.1. The highest BCUT2D eigenvalue weighted by Gasteiger charge is 2.09. The third kappa shape index (κ3) is 3.34. The molecule has 0 unspecified atom stereocenters. The Bertz CT molecular complexity index is 429. The molecule has 0 aliphatic carbocycles. The molecule has 86 valence electrons. The van der Waals surface area contributed by atoms with Crippen molar-refractivity contribution in [3.8, 4) is 0 Å². The van der Waals surface area contributed by atoms with Crippen LogP contribution in [0.3, 0.4) is 0 Å². The van der Waals surface area contributed by atoms with Gasteiger partial charge in [-0.3, -0.25) is 0 Å². The minimum Gasteiger partial charge on any atom is -0.507 e. The Morgan fingerprint density at radius 3 is 2.88 bits per heavy atom. The normalized spacial score (nSPS) is 11.3. The van der Waals surface area contributed by atoms with Gasteiger partial charge < -0.3 is 9.84 Å². The predicted molar refractivity (Wildman–Crippen MR) is 61.3 cm³/mol. The first-order valence-electron chi connectivity index (χ1n) is 4.57. The lowest BCUT2D eigenvalue weighted by atomic mass is 10.1. The second-order valence-electron chi connectivity index (χ2n) is 2.91. The molecule has 0 aliphatic heterocycles. The minimum atomic E-state index is -0.706. The predicted octanol–water partition coefficient (Wildman–Crippen LogP) is 3.05. The Labute approximate surface area is 101 Å². The number of benzene rings is 1. The fraction of sp³-hybridized carbons (Fsp3) is 0.182. The molecule has 0 aromatic heterocycles. The van der Waals surface area contributed by atoms with E-state index in [2.05, 4.69) is 20.7 Å². The molecule has 0 aliphatic rings. The maximum absolute atomic E-state index is 13.4. The highest BCUT2D eigenvalue weighted by molar-refractivity contribution is 9.10. The third-order valence-electron chi connectivity index (χ3n) is 1.75. The van der Waals surface area contributed by atoms with Crippen molar-refractivity contribution < 1.29 is 19.0 Å². The maximum atomic E-state index is 13.4. The van der Waals surface area contributed by atoms with Crippen LogP contribution in [0.4, 0.5) is 4.39 Å². The van der Waals surface area contributed by atoms with Crippen LogP contribution in [-0.4, -0.2) is 17.7 Å². The molecule has 5 heteroatoms. The molecule has 0 atom stereocenters. The third-order valence-corrected chi connectivity index (χ3v) is 2.24. The fourth-order valence-electron chi connectivity index (χ4n) is 1.07. The molecule has 0 radical (unpaired) electrons. The number of aliphatic hydroxyl groups excluding tert-OH is 1. The molecule has 1 aromatic rings. The molecule has 0 bridgehead atoms. The molecule has 0 heterocycles. The van der Waals surface area contributed by atoms with E-state index >= 15 is 0 Å². The summed E-state index contributed by atoms with van der Waals surface area (Å²) in [6.45, 7) is 1.84. The zero-order chi connectivity index (χ0) is 12.1. The highest BCUT2D eigenvalue weighted by atomic mass is 79.9. The summed E-state index contributed by atoms with van der Waals surface area (Å²) >= 11 is 3.09. The van der Waals surface area contributed by atoms with Gasteiger partial charge in [-0.2, -0.15) is 0 Å². The number of hydrogen-bond acceptors (Lipinski definition) is 3. The van der Waals surface area contributed by atoms with Gasteiger partial charge in [0.05, 0.1) is 18.2 Å². The van der Waals surface area contributed by atoms with Gasteiger partial charge in [-0.05, 0) is 25.1 Å². The largest absolute Gasteiger partial charge is 0.507 e. The monoisotopic (exact) mass is 288 g/mol. The van der Waals surface area contributed by atoms with Crippen LogP contribution in [0.15, 0.2) is 28.7 Å². The number of halogens is 2. The van der Waals surface area contributed by atoms with E-state index in [0.717, 1.165) is 6.08 Å². The molecular weight excluding hydrogens is 279 g/mol. The summed E-state index contributed by atoms with van der Waals surface area (Å²) in [5, 5.41) is 9.49. The van der Waals surface area contributed by atoms with Crippen LogP contribution in [0.1, 0.15) is 12.5 Å². The number of carbonyl (C=O) groups is 1. The van der Waals surface area contributed by atoms with Gasteiger partial charge >= 0.3 is 5.97 Å². The Kier molecular flexibility index (Phi) is 4.49. The Balaban J connectivity index is 2.96. The van der Waals surface area contributed by atoms with Gasteiger partial charge in [0.15, 0.2) is 0 Å². The zero-order valence-electron chi connectivity index (χ0n) is 8.54. The van der Waals surface area contributed by atoms with Gasteiger partial charge in [-0.15, -0.1) is 0 Å². The summed E-state index contributed by atoms with van der Waals surface area (Å²) in [6, 6.07) is 4.13. The lowest BCUT2D eigenvalue weighted by Crippen LogP contribution is -2.01. The van der Waals surface area contributed by atoms with Crippen LogP contribution in [-0.2, 0) is 9.53 Å². The first-order chi connectivity index (χ1) is 7.54. The lowest BCUT2D eigenvalue weighted by Gasteiger charge is -2.02. The van der Waals surface area contributed by atoms with Crippen molar-refractivity contribution in [3.63, 3.8) is 0 Å². The summed E-state index contributed by atoms with van der Waals surface area (Å²) < 4.78 is 18.5. The molecule has 0 saturated heterocycles. The number of aliphatic hydroxyl groups is 1. The molecular formula is C11H10BrFO3. The van der Waals surface area contributed by atoms with Crippen molar-refractivity contribution in [2.45, 2.75) is 6.92 Å². The van der Waals surface area contributed by atoms with Gasteiger partial charge in [0, 0.05) is 4.47 Å². The van der Waals surface area contributed by atoms with Crippen LogP contribution in [0.2, 0.25) is 0 Å². The lowest BCUT2D eigenvalue weighted by molar-refractivity contribution is -0.137. The summed E-state index contributed by atoms with van der Waals surface area (Å²) in [5.74, 6) is -1.78. The molecule has 3 nitrogen and oxygen atoms in total. The molecule has 1 N–H and O–H groups in total. The molecule has 0 amide bonds. The smallest absolute Gasteiger partial charge is 0.334 e. The number of carbonyl (C=O) groups excluding carboxylic acids is 1. The number of rotatable bonds is 3. The van der Waals surface area contributed by atoms with Gasteiger partial charge in [-0.1, -0.05) is 15.9 Å². The van der Waals surface area contributed by atoms with Crippen molar-refractivity contribution in [2.75, 3.05) is 6.61 Å². The first kappa shape index (κ1) is 12.7. The fourth-order valence-corrected chi connectivity index (χ4v) is 1.40. The first-order valence-corrected chi connectivity index (χ1v) is 5.36. The summed E-state index contributed by atoms with van der Waals surface area (Å²) in [5.41, 5.74) is -0.0451. The van der Waals surface area contributed by atoms with Crippen molar-refractivity contribution in [1.29, 1.82) is 0 Å². The van der Waals surface area contributed by atoms with E-state index in [9.17, 15) is 14.3 Å². The Hall–Kier alpha value is -1.36. The SMILES string of the molecule is CCOC(=O)/C=C(\O)c1ccc(Br)cc1F. The second kappa shape index (κ2) is 5.65. The topological polar surface area (TPSA) is 46.5 Å². The van der Waals surface area contributed by atoms with Gasteiger partial charge in [0.25, 0.3) is 0 Å². The summed E-state index contributed by atoms with van der Waals surface area (Å²) in [7, 11) is 0. The number of hydrogen-bond donors (Lipinski definition) is 1. The van der Waals surface area contributed by atoms with Crippen LogP contribution >= 0.6 is 15.9 Å². The standard InChI is InChI=1S/C11H10BrFO3/c1-2-16-11(15)6-10(14)8-4-3-7(12)5-9(8)13/h3-6,14H,2H2,1H3/b10-6-. The summed E-state index contributed by atoms with van der Waals surface area (Å²) in [4.78, 5) is 11.0. The van der Waals surface area contributed by atoms with Crippen molar-refractivity contribution in [1.82, 2.24) is 0 Å².